The van der Waals surface area contributed by atoms with Crippen LogP contribution in [-0.4, -0.2) is 5.79 Å². The van der Waals surface area contributed by atoms with Gasteiger partial charge in [0.2, 0.25) is 5.79 Å². The Morgan fingerprint density at radius 3 is 2.94 bits per heavy atom. The van der Waals surface area contributed by atoms with Gasteiger partial charge in [0.05, 0.1) is 6.61 Å². The standard InChI is InChI=1S/C12H12BrFO2/c1-12(2)15-7-9-4-3-8(10(14)6-13)5-11(9)16-12/h3-6H,7H2,1-2H3/b10-6-. The van der Waals surface area contributed by atoms with E-state index < -0.39 is 5.79 Å². The van der Waals surface area contributed by atoms with Crippen molar-refractivity contribution in [3.05, 3.63) is 34.3 Å². The fourth-order valence-corrected chi connectivity index (χ4v) is 1.79. The number of ether oxygens (including phenoxy) is 2. The lowest BCUT2D eigenvalue weighted by atomic mass is 10.1. The maximum absolute atomic E-state index is 13.4. The Morgan fingerprint density at radius 2 is 2.25 bits per heavy atom. The van der Waals surface area contributed by atoms with Gasteiger partial charge in [-0.1, -0.05) is 28.1 Å². The fourth-order valence-electron chi connectivity index (χ4n) is 1.53. The summed E-state index contributed by atoms with van der Waals surface area (Å²) in [6.07, 6.45) is 0. The van der Waals surface area contributed by atoms with Gasteiger partial charge in [0.15, 0.2) is 0 Å². The first-order valence-corrected chi connectivity index (χ1v) is 5.85. The van der Waals surface area contributed by atoms with Gasteiger partial charge >= 0.3 is 0 Å². The highest BCUT2D eigenvalue weighted by atomic mass is 79.9. The van der Waals surface area contributed by atoms with Crippen LogP contribution in [0.4, 0.5) is 4.39 Å². The minimum absolute atomic E-state index is 0.323. The van der Waals surface area contributed by atoms with Gasteiger partial charge in [0.1, 0.15) is 11.6 Å². The zero-order valence-corrected chi connectivity index (χ0v) is 10.7. The van der Waals surface area contributed by atoms with E-state index in [1.165, 1.54) is 4.99 Å². The monoisotopic (exact) mass is 286 g/mol. The van der Waals surface area contributed by atoms with Crippen LogP contribution in [0.5, 0.6) is 5.75 Å². The third-order valence-electron chi connectivity index (χ3n) is 2.37. The van der Waals surface area contributed by atoms with Crippen LogP contribution in [0.15, 0.2) is 23.2 Å². The van der Waals surface area contributed by atoms with E-state index >= 15 is 0 Å². The SMILES string of the molecule is CC1(C)OCc2ccc(/C(F)=C/Br)cc2O1. The molecular formula is C12H12BrFO2. The van der Waals surface area contributed by atoms with Crippen molar-refractivity contribution >= 4 is 21.8 Å². The Labute approximate surface area is 102 Å². The zero-order valence-electron chi connectivity index (χ0n) is 9.09. The van der Waals surface area contributed by atoms with E-state index in [-0.39, 0.29) is 5.83 Å². The average molecular weight is 287 g/mol. The molecule has 0 saturated heterocycles. The Hall–Kier alpha value is -0.870. The van der Waals surface area contributed by atoms with Gasteiger partial charge in [-0.05, 0) is 6.07 Å². The van der Waals surface area contributed by atoms with Crippen LogP contribution in [0, 0.1) is 0 Å². The van der Waals surface area contributed by atoms with Crippen molar-refractivity contribution in [2.75, 3.05) is 0 Å². The van der Waals surface area contributed by atoms with Crippen LogP contribution < -0.4 is 4.74 Å². The second kappa shape index (κ2) is 4.18. The summed E-state index contributed by atoms with van der Waals surface area (Å²) in [4.78, 5) is 1.25. The Bertz CT molecular complexity index is 441. The van der Waals surface area contributed by atoms with Crippen LogP contribution in [0.3, 0.4) is 0 Å². The summed E-state index contributed by atoms with van der Waals surface area (Å²) in [7, 11) is 0. The quantitative estimate of drug-likeness (QED) is 0.777. The van der Waals surface area contributed by atoms with Crippen molar-refractivity contribution < 1.29 is 13.9 Å². The molecule has 0 radical (unpaired) electrons. The van der Waals surface area contributed by atoms with E-state index in [1.807, 2.05) is 19.9 Å². The lowest BCUT2D eigenvalue weighted by Crippen LogP contribution is -2.35. The smallest absolute Gasteiger partial charge is 0.205 e. The summed E-state index contributed by atoms with van der Waals surface area (Å²) in [5.74, 6) is -0.297. The first-order chi connectivity index (χ1) is 7.52. The molecule has 16 heavy (non-hydrogen) atoms. The lowest BCUT2D eigenvalue weighted by Gasteiger charge is -2.32. The molecule has 0 saturated carbocycles. The van der Waals surface area contributed by atoms with Crippen LogP contribution in [0.1, 0.15) is 25.0 Å². The first kappa shape index (κ1) is 11.6. The number of halogens is 2. The molecular weight excluding hydrogens is 275 g/mol. The zero-order chi connectivity index (χ0) is 11.8. The molecule has 0 unspecified atom stereocenters. The number of fused-ring (bicyclic) bond motifs is 1. The van der Waals surface area contributed by atoms with E-state index in [1.54, 1.807) is 12.1 Å². The van der Waals surface area contributed by atoms with E-state index in [0.29, 0.717) is 17.9 Å². The van der Waals surface area contributed by atoms with E-state index in [0.717, 1.165) is 5.56 Å². The first-order valence-electron chi connectivity index (χ1n) is 4.94. The molecule has 1 aromatic carbocycles. The molecule has 1 aliphatic rings. The number of hydrogen-bond donors (Lipinski definition) is 0. The Balaban J connectivity index is 2.38. The Kier molecular flexibility index (Phi) is 3.04. The van der Waals surface area contributed by atoms with Gasteiger partial charge in [-0.2, -0.15) is 0 Å². The molecule has 0 fully saturated rings. The summed E-state index contributed by atoms with van der Waals surface area (Å²) in [5.41, 5.74) is 1.43. The molecule has 1 aromatic rings. The van der Waals surface area contributed by atoms with Gasteiger partial charge in [-0.15, -0.1) is 0 Å². The summed E-state index contributed by atoms with van der Waals surface area (Å²) in [6, 6.07) is 5.21. The number of hydrogen-bond acceptors (Lipinski definition) is 2. The fraction of sp³-hybridized carbons (Fsp3) is 0.333. The summed E-state index contributed by atoms with van der Waals surface area (Å²) >= 11 is 2.97. The predicted molar refractivity (Wildman–Crippen MR) is 64.0 cm³/mol. The topological polar surface area (TPSA) is 18.5 Å². The summed E-state index contributed by atoms with van der Waals surface area (Å²) in [6.45, 7) is 4.15. The van der Waals surface area contributed by atoms with Gasteiger partial charge in [0.25, 0.3) is 0 Å². The van der Waals surface area contributed by atoms with Crippen molar-refractivity contribution in [1.82, 2.24) is 0 Å². The molecule has 2 rings (SSSR count). The minimum atomic E-state index is -0.653. The third kappa shape index (κ3) is 2.28. The summed E-state index contributed by atoms with van der Waals surface area (Å²) < 4.78 is 24.5. The van der Waals surface area contributed by atoms with Crippen molar-refractivity contribution in [3.63, 3.8) is 0 Å². The average Bonchev–Trinajstić information content (AvgIpc) is 2.25. The van der Waals surface area contributed by atoms with Crippen molar-refractivity contribution in [3.8, 4) is 5.75 Å². The molecule has 0 bridgehead atoms. The third-order valence-corrected chi connectivity index (χ3v) is 2.77. The second-order valence-electron chi connectivity index (χ2n) is 4.07. The largest absolute Gasteiger partial charge is 0.463 e. The minimum Gasteiger partial charge on any atom is -0.463 e. The number of rotatable bonds is 1. The predicted octanol–water partition coefficient (Wildman–Crippen LogP) is 3.99. The highest BCUT2D eigenvalue weighted by Crippen LogP contribution is 2.33. The van der Waals surface area contributed by atoms with Crippen LogP contribution in [0.2, 0.25) is 0 Å². The molecule has 0 aliphatic carbocycles. The molecule has 1 aliphatic heterocycles. The highest BCUT2D eigenvalue weighted by Gasteiger charge is 2.27. The van der Waals surface area contributed by atoms with E-state index in [2.05, 4.69) is 15.9 Å². The van der Waals surface area contributed by atoms with Gasteiger partial charge in [0, 0.05) is 30.0 Å². The molecule has 0 N–H and O–H groups in total. The maximum Gasteiger partial charge on any atom is 0.205 e. The highest BCUT2D eigenvalue weighted by molar-refractivity contribution is 9.11. The molecule has 1 heterocycles. The van der Waals surface area contributed by atoms with Gasteiger partial charge in [-0.25, -0.2) is 4.39 Å². The molecule has 86 valence electrons. The van der Waals surface area contributed by atoms with Crippen LogP contribution in [0.25, 0.3) is 5.83 Å². The molecule has 0 amide bonds. The molecule has 2 nitrogen and oxygen atoms in total. The normalized spacial score (nSPS) is 18.9. The maximum atomic E-state index is 13.4. The van der Waals surface area contributed by atoms with Crippen LogP contribution in [-0.2, 0) is 11.3 Å². The van der Waals surface area contributed by atoms with Crippen molar-refractivity contribution in [2.45, 2.75) is 26.2 Å². The molecule has 0 atom stereocenters. The van der Waals surface area contributed by atoms with Crippen molar-refractivity contribution in [2.24, 2.45) is 0 Å². The van der Waals surface area contributed by atoms with Crippen LogP contribution >= 0.6 is 15.9 Å². The second-order valence-corrected chi connectivity index (χ2v) is 4.53. The Morgan fingerprint density at radius 1 is 1.50 bits per heavy atom. The van der Waals surface area contributed by atoms with Gasteiger partial charge < -0.3 is 9.47 Å². The molecule has 0 aromatic heterocycles. The summed E-state index contributed by atoms with van der Waals surface area (Å²) in [5, 5.41) is 0. The number of benzene rings is 1. The van der Waals surface area contributed by atoms with Gasteiger partial charge in [-0.3, -0.25) is 0 Å². The molecule has 0 spiro atoms. The molecule has 4 heteroatoms. The van der Waals surface area contributed by atoms with Crippen molar-refractivity contribution in [1.29, 1.82) is 0 Å². The van der Waals surface area contributed by atoms with E-state index in [9.17, 15) is 4.39 Å². The lowest BCUT2D eigenvalue weighted by molar-refractivity contribution is -0.180. The van der Waals surface area contributed by atoms with E-state index in [4.69, 9.17) is 9.47 Å².